The van der Waals surface area contributed by atoms with E-state index in [4.69, 9.17) is 4.42 Å². The maximum absolute atomic E-state index is 12.4. The van der Waals surface area contributed by atoms with Crippen molar-refractivity contribution in [1.82, 2.24) is 4.90 Å². The summed E-state index contributed by atoms with van der Waals surface area (Å²) in [6, 6.07) is 16.8. The van der Waals surface area contributed by atoms with Crippen LogP contribution in [-0.2, 0) is 0 Å². The van der Waals surface area contributed by atoms with Crippen LogP contribution in [0.1, 0.15) is 28.3 Å². The van der Waals surface area contributed by atoms with Gasteiger partial charge in [0.1, 0.15) is 5.58 Å². The van der Waals surface area contributed by atoms with Crippen LogP contribution in [-0.4, -0.2) is 23.8 Å². The van der Waals surface area contributed by atoms with Crippen molar-refractivity contribution in [3.63, 3.8) is 0 Å². The predicted molar refractivity (Wildman–Crippen MR) is 101 cm³/mol. The lowest BCUT2D eigenvalue weighted by Crippen LogP contribution is -2.13. The molecule has 1 saturated heterocycles. The minimum absolute atomic E-state index is 0.0958. The van der Waals surface area contributed by atoms with Crippen LogP contribution < -0.4 is 5.43 Å². The molecule has 1 aliphatic heterocycles. The zero-order valence-electron chi connectivity index (χ0n) is 14.3. The number of allylic oxidation sites excluding steroid dienone is 1. The quantitative estimate of drug-likeness (QED) is 0.530. The van der Waals surface area contributed by atoms with Gasteiger partial charge in [0.05, 0.1) is 11.6 Å². The smallest absolute Gasteiger partial charge is 0.192 e. The van der Waals surface area contributed by atoms with Crippen molar-refractivity contribution in [1.29, 1.82) is 0 Å². The molecule has 130 valence electrons. The molecule has 0 saturated carbocycles. The molecule has 4 rings (SSSR count). The average molecular weight is 345 g/mol. The third-order valence-electron chi connectivity index (χ3n) is 4.87. The number of carbonyl (C=O) groups excluding carboxylic acids is 1. The second-order valence-electron chi connectivity index (χ2n) is 6.57. The second kappa shape index (κ2) is 7.00. The first kappa shape index (κ1) is 16.3. The lowest BCUT2D eigenvalue weighted by molar-refractivity contribution is 0.104. The monoisotopic (exact) mass is 345 g/mol. The van der Waals surface area contributed by atoms with E-state index in [0.29, 0.717) is 22.5 Å². The minimum atomic E-state index is -0.107. The first-order valence-corrected chi connectivity index (χ1v) is 8.74. The van der Waals surface area contributed by atoms with Crippen molar-refractivity contribution in [2.45, 2.75) is 12.3 Å². The number of carbonyl (C=O) groups is 1. The average Bonchev–Trinajstić information content (AvgIpc) is 3.16. The van der Waals surface area contributed by atoms with Crippen LogP contribution >= 0.6 is 0 Å². The molecule has 1 unspecified atom stereocenters. The molecule has 0 radical (unpaired) electrons. The van der Waals surface area contributed by atoms with Crippen molar-refractivity contribution in [2.75, 3.05) is 13.1 Å². The summed E-state index contributed by atoms with van der Waals surface area (Å²) >= 11 is 0. The fourth-order valence-electron chi connectivity index (χ4n) is 3.42. The van der Waals surface area contributed by atoms with E-state index in [1.165, 1.54) is 17.9 Å². The summed E-state index contributed by atoms with van der Waals surface area (Å²) in [6.45, 7) is 1.86. The molecular formula is C22H19NO3. The largest absolute Gasteiger partial charge is 0.464 e. The number of hydrogen-bond acceptors (Lipinski definition) is 4. The normalized spacial score (nSPS) is 17.2. The number of benzene rings is 2. The molecule has 0 N–H and O–H groups in total. The highest BCUT2D eigenvalue weighted by Crippen LogP contribution is 2.27. The number of rotatable bonds is 4. The van der Waals surface area contributed by atoms with Gasteiger partial charge in [0.2, 0.25) is 0 Å². The molecule has 0 bridgehead atoms. The maximum atomic E-state index is 12.4. The van der Waals surface area contributed by atoms with Gasteiger partial charge in [-0.2, -0.15) is 0 Å². The molecular weight excluding hydrogens is 326 g/mol. The molecule has 1 aliphatic rings. The van der Waals surface area contributed by atoms with Crippen LogP contribution in [0.5, 0.6) is 0 Å². The summed E-state index contributed by atoms with van der Waals surface area (Å²) in [5.41, 5.74) is 2.19. The third-order valence-corrected chi connectivity index (χ3v) is 4.87. The van der Waals surface area contributed by atoms with Gasteiger partial charge >= 0.3 is 0 Å². The van der Waals surface area contributed by atoms with E-state index in [1.807, 2.05) is 12.3 Å². The maximum Gasteiger partial charge on any atom is 0.192 e. The van der Waals surface area contributed by atoms with Crippen LogP contribution in [0.4, 0.5) is 0 Å². The van der Waals surface area contributed by atoms with E-state index >= 15 is 0 Å². The summed E-state index contributed by atoms with van der Waals surface area (Å²) < 4.78 is 5.34. The Kier molecular flexibility index (Phi) is 4.40. The molecule has 1 atom stereocenters. The van der Waals surface area contributed by atoms with Gasteiger partial charge in [0, 0.05) is 42.9 Å². The Hall–Kier alpha value is -3.14. The highest BCUT2D eigenvalue weighted by Gasteiger charge is 2.21. The number of likely N-dealkylation sites (tertiary alicyclic amines) is 1. The van der Waals surface area contributed by atoms with Crippen molar-refractivity contribution < 1.29 is 9.21 Å². The first-order chi connectivity index (χ1) is 12.7. The fourth-order valence-corrected chi connectivity index (χ4v) is 3.42. The Morgan fingerprint density at radius 3 is 2.81 bits per heavy atom. The van der Waals surface area contributed by atoms with Gasteiger partial charge in [-0.25, -0.2) is 0 Å². The number of hydrogen-bond donors (Lipinski definition) is 0. The van der Waals surface area contributed by atoms with Gasteiger partial charge in [-0.15, -0.1) is 0 Å². The Morgan fingerprint density at radius 2 is 1.96 bits per heavy atom. The number of ketones is 1. The highest BCUT2D eigenvalue weighted by molar-refractivity contribution is 6.06. The number of fused-ring (bicyclic) bond motifs is 1. The molecule has 2 heterocycles. The van der Waals surface area contributed by atoms with Gasteiger partial charge in [0.25, 0.3) is 0 Å². The van der Waals surface area contributed by atoms with E-state index < -0.39 is 0 Å². The SMILES string of the molecule is O=C(/C=C/N1CCC(c2ccccc2)C1)c1ccc2c(=O)ccoc2c1. The van der Waals surface area contributed by atoms with Gasteiger partial charge in [-0.1, -0.05) is 36.4 Å². The van der Waals surface area contributed by atoms with Crippen LogP contribution in [0.3, 0.4) is 0 Å². The van der Waals surface area contributed by atoms with E-state index in [9.17, 15) is 9.59 Å². The summed E-state index contributed by atoms with van der Waals surface area (Å²) in [7, 11) is 0. The standard InChI is InChI=1S/C22H19NO3/c24-20(17-6-7-19-21(25)10-13-26-22(19)14-17)9-12-23-11-8-18(15-23)16-4-2-1-3-5-16/h1-7,9-10,12-14,18H,8,11,15H2/b12-9+. The zero-order valence-corrected chi connectivity index (χ0v) is 14.3. The van der Waals surface area contributed by atoms with Crippen LogP contribution in [0.2, 0.25) is 0 Å². The van der Waals surface area contributed by atoms with Crippen LogP contribution in [0.15, 0.2) is 82.3 Å². The van der Waals surface area contributed by atoms with Crippen molar-refractivity contribution >= 4 is 16.8 Å². The Labute approximate surface area is 151 Å². The van der Waals surface area contributed by atoms with Gasteiger partial charge in [-0.3, -0.25) is 9.59 Å². The van der Waals surface area contributed by atoms with Gasteiger partial charge < -0.3 is 9.32 Å². The lowest BCUT2D eigenvalue weighted by atomic mass is 9.99. The predicted octanol–water partition coefficient (Wildman–Crippen LogP) is 3.98. The van der Waals surface area contributed by atoms with Crippen LogP contribution in [0.25, 0.3) is 11.0 Å². The van der Waals surface area contributed by atoms with Gasteiger partial charge in [0.15, 0.2) is 11.2 Å². The summed E-state index contributed by atoms with van der Waals surface area (Å²) in [5.74, 6) is 0.410. The molecule has 26 heavy (non-hydrogen) atoms. The van der Waals surface area contributed by atoms with E-state index in [2.05, 4.69) is 29.2 Å². The van der Waals surface area contributed by atoms with Crippen molar-refractivity contribution in [3.05, 3.63) is 94.5 Å². The first-order valence-electron chi connectivity index (χ1n) is 8.74. The molecule has 2 aromatic carbocycles. The Balaban J connectivity index is 1.46. The molecule has 0 spiro atoms. The minimum Gasteiger partial charge on any atom is -0.464 e. The van der Waals surface area contributed by atoms with Gasteiger partial charge in [-0.05, 0) is 24.1 Å². The Morgan fingerprint density at radius 1 is 1.12 bits per heavy atom. The molecule has 4 heteroatoms. The summed E-state index contributed by atoms with van der Waals surface area (Å²) in [5, 5.41) is 0.485. The Bertz CT molecular complexity index is 1020. The second-order valence-corrected chi connectivity index (χ2v) is 6.57. The number of nitrogens with zero attached hydrogens (tertiary/aromatic N) is 1. The highest BCUT2D eigenvalue weighted by atomic mass is 16.3. The summed E-state index contributed by atoms with van der Waals surface area (Å²) in [6.07, 6.45) is 5.90. The third kappa shape index (κ3) is 3.31. The van der Waals surface area contributed by atoms with Crippen molar-refractivity contribution in [2.24, 2.45) is 0 Å². The molecule has 0 amide bonds. The lowest BCUT2D eigenvalue weighted by Gasteiger charge is -2.13. The van der Waals surface area contributed by atoms with E-state index in [1.54, 1.807) is 24.3 Å². The van der Waals surface area contributed by atoms with E-state index in [-0.39, 0.29) is 11.2 Å². The molecule has 1 fully saturated rings. The van der Waals surface area contributed by atoms with Crippen molar-refractivity contribution in [3.8, 4) is 0 Å². The summed E-state index contributed by atoms with van der Waals surface area (Å²) in [4.78, 5) is 26.4. The molecule has 4 nitrogen and oxygen atoms in total. The van der Waals surface area contributed by atoms with Crippen LogP contribution in [0, 0.1) is 0 Å². The topological polar surface area (TPSA) is 50.5 Å². The molecule has 0 aliphatic carbocycles. The van der Waals surface area contributed by atoms with E-state index in [0.717, 1.165) is 19.5 Å². The zero-order chi connectivity index (χ0) is 17.9. The molecule has 3 aromatic rings. The molecule has 1 aromatic heterocycles. The fraction of sp³-hybridized carbons (Fsp3) is 0.182.